The number of ether oxygens (including phenoxy) is 3. The third-order valence-electron chi connectivity index (χ3n) is 8.74. The van der Waals surface area contributed by atoms with Crippen molar-refractivity contribution in [1.29, 1.82) is 0 Å². The topological polar surface area (TPSA) is 122 Å². The van der Waals surface area contributed by atoms with E-state index in [1.807, 2.05) is 0 Å². The first kappa shape index (κ1) is 31.7. The van der Waals surface area contributed by atoms with E-state index in [4.69, 9.17) is 14.2 Å². The Morgan fingerprint density at radius 1 is 0.939 bits per heavy atom. The van der Waals surface area contributed by atoms with Crippen LogP contribution in [0.5, 0.6) is 17.2 Å². The zero-order chi connectivity index (χ0) is 34.1. The molecule has 0 aliphatic carbocycles. The van der Waals surface area contributed by atoms with E-state index in [0.29, 0.717) is 57.8 Å². The fourth-order valence-electron chi connectivity index (χ4n) is 6.19. The van der Waals surface area contributed by atoms with Crippen LogP contribution >= 0.6 is 0 Å². The van der Waals surface area contributed by atoms with Crippen LogP contribution in [0.1, 0.15) is 32.8 Å². The van der Waals surface area contributed by atoms with Gasteiger partial charge in [-0.25, -0.2) is 8.78 Å². The number of nitrogens with zero attached hydrogens (tertiary/aromatic N) is 1. The number of aromatic nitrogens is 1. The number of likely N-dealkylation sites (tertiary alicyclic amines) is 1. The number of hydrogen-bond acceptors (Lipinski definition) is 6. The Hall–Kier alpha value is -5.91. The summed E-state index contributed by atoms with van der Waals surface area (Å²) in [5.74, 6) is -1.15. The van der Waals surface area contributed by atoms with Crippen molar-refractivity contribution in [2.45, 2.75) is 25.1 Å². The number of H-pyrrole nitrogens is 1. The van der Waals surface area contributed by atoms with Gasteiger partial charge in [-0.2, -0.15) is 0 Å². The van der Waals surface area contributed by atoms with E-state index in [-0.39, 0.29) is 42.8 Å². The van der Waals surface area contributed by atoms with Gasteiger partial charge in [-0.3, -0.25) is 14.4 Å². The van der Waals surface area contributed by atoms with Gasteiger partial charge in [0, 0.05) is 48.6 Å². The minimum absolute atomic E-state index is 0.0565. The minimum atomic E-state index is -0.748. The van der Waals surface area contributed by atoms with Crippen molar-refractivity contribution in [2.24, 2.45) is 0 Å². The SMILES string of the molecule is COc1cc2ccc1CNC(=O)COc1cccc(c1)-c1ccc(F)c(c1)C(=O)N[C@@H]1CN(C(=O)c3cc4cc(F)ccc4[nH]3)CC[C@@H]1O2. The van der Waals surface area contributed by atoms with E-state index >= 15 is 4.39 Å². The summed E-state index contributed by atoms with van der Waals surface area (Å²) < 4.78 is 46.8. The Morgan fingerprint density at radius 2 is 1.80 bits per heavy atom. The molecule has 3 aliphatic rings. The van der Waals surface area contributed by atoms with E-state index in [0.717, 1.165) is 0 Å². The maximum absolute atomic E-state index is 15.2. The van der Waals surface area contributed by atoms with E-state index in [9.17, 15) is 18.8 Å². The second-order valence-corrected chi connectivity index (χ2v) is 12.0. The lowest BCUT2D eigenvalue weighted by Crippen LogP contribution is -2.58. The maximum Gasteiger partial charge on any atom is 0.270 e. The molecule has 4 heterocycles. The van der Waals surface area contributed by atoms with Crippen molar-refractivity contribution in [3.63, 3.8) is 0 Å². The van der Waals surface area contributed by atoms with Gasteiger partial charge >= 0.3 is 0 Å². The van der Waals surface area contributed by atoms with Gasteiger partial charge < -0.3 is 34.7 Å². The number of rotatable bonds is 2. The molecule has 3 aliphatic heterocycles. The average molecular weight is 667 g/mol. The number of aromatic amines is 1. The molecule has 6 bridgehead atoms. The molecular formula is C37H32F2N4O6. The zero-order valence-electron chi connectivity index (χ0n) is 26.4. The first-order valence-electron chi connectivity index (χ1n) is 15.8. The average Bonchev–Trinajstić information content (AvgIpc) is 3.53. The Balaban J connectivity index is 1.23. The van der Waals surface area contributed by atoms with Crippen LogP contribution in [0.3, 0.4) is 0 Å². The highest BCUT2D eigenvalue weighted by Crippen LogP contribution is 2.30. The lowest BCUT2D eigenvalue weighted by molar-refractivity contribution is -0.123. The minimum Gasteiger partial charge on any atom is -0.496 e. The fraction of sp³-hybridized carbons (Fsp3) is 0.216. The van der Waals surface area contributed by atoms with E-state index in [1.165, 1.54) is 31.4 Å². The second-order valence-electron chi connectivity index (χ2n) is 12.0. The number of halogens is 2. The van der Waals surface area contributed by atoms with Crippen LogP contribution in [0.2, 0.25) is 0 Å². The van der Waals surface area contributed by atoms with Crippen LogP contribution in [-0.2, 0) is 11.3 Å². The van der Waals surface area contributed by atoms with Crippen molar-refractivity contribution < 1.29 is 37.4 Å². The van der Waals surface area contributed by atoms with Crippen molar-refractivity contribution >= 4 is 28.6 Å². The van der Waals surface area contributed by atoms with E-state index < -0.39 is 29.7 Å². The predicted octanol–water partition coefficient (Wildman–Crippen LogP) is 5.22. The summed E-state index contributed by atoms with van der Waals surface area (Å²) in [4.78, 5) is 44.7. The summed E-state index contributed by atoms with van der Waals surface area (Å²) in [5.41, 5.74) is 2.62. The van der Waals surface area contributed by atoms with Gasteiger partial charge in [-0.05, 0) is 71.8 Å². The number of carbonyl (C=O) groups excluding carboxylic acids is 3. The molecule has 5 aromatic rings. The quantitative estimate of drug-likeness (QED) is 0.238. The number of amides is 3. The van der Waals surface area contributed by atoms with Gasteiger partial charge in [-0.15, -0.1) is 0 Å². The summed E-state index contributed by atoms with van der Waals surface area (Å²) in [5, 5.41) is 6.32. The molecule has 250 valence electrons. The third kappa shape index (κ3) is 6.75. The number of hydrogen-bond donors (Lipinski definition) is 3. The van der Waals surface area contributed by atoms with Gasteiger partial charge in [0.15, 0.2) is 6.61 Å². The molecule has 0 radical (unpaired) electrons. The summed E-state index contributed by atoms with van der Waals surface area (Å²) in [6, 6.07) is 21.4. The van der Waals surface area contributed by atoms with Gasteiger partial charge in [0.1, 0.15) is 40.7 Å². The van der Waals surface area contributed by atoms with Gasteiger partial charge in [-0.1, -0.05) is 18.2 Å². The first-order valence-corrected chi connectivity index (χ1v) is 15.8. The van der Waals surface area contributed by atoms with Crippen LogP contribution in [0.15, 0.2) is 84.9 Å². The fourth-order valence-corrected chi connectivity index (χ4v) is 6.19. The highest BCUT2D eigenvalue weighted by molar-refractivity contribution is 5.98. The van der Waals surface area contributed by atoms with Gasteiger partial charge in [0.2, 0.25) is 0 Å². The highest BCUT2D eigenvalue weighted by Gasteiger charge is 2.35. The Bertz CT molecular complexity index is 2080. The second kappa shape index (κ2) is 13.3. The monoisotopic (exact) mass is 666 g/mol. The molecule has 3 amide bonds. The Morgan fingerprint density at radius 3 is 2.65 bits per heavy atom. The number of methoxy groups -OCH3 is 1. The highest BCUT2D eigenvalue weighted by atomic mass is 19.1. The number of piperidine rings is 1. The Kier molecular flexibility index (Phi) is 8.60. The van der Waals surface area contributed by atoms with Crippen molar-refractivity contribution in [3.05, 3.63) is 113 Å². The van der Waals surface area contributed by atoms with Crippen molar-refractivity contribution in [3.8, 4) is 28.4 Å². The molecule has 0 saturated carbocycles. The number of benzene rings is 4. The smallest absolute Gasteiger partial charge is 0.270 e. The standard InChI is InChI=1S/C37H32F2N4O6/c1-47-34-17-27-8-5-23(34)18-40-35(44)20-48-26-4-2-3-21(14-26)22-6-9-29(39)28(15-22)36(45)42-32-19-43(12-11-33(32)49-27)37(46)31-16-24-13-25(38)7-10-30(24)41-31/h2-10,13-17,32-33,41H,11-12,18-20H2,1H3,(H,40,44)(H,42,45)/t32-,33+/m1/s1. The molecule has 1 aromatic heterocycles. The van der Waals surface area contributed by atoms with Crippen LogP contribution in [0.4, 0.5) is 8.78 Å². The van der Waals surface area contributed by atoms with Gasteiger partial charge in [0.05, 0.1) is 18.7 Å². The molecule has 1 saturated heterocycles. The normalized spacial score (nSPS) is 18.1. The summed E-state index contributed by atoms with van der Waals surface area (Å²) >= 11 is 0. The third-order valence-corrected chi connectivity index (χ3v) is 8.74. The summed E-state index contributed by atoms with van der Waals surface area (Å²) in [7, 11) is 1.51. The maximum atomic E-state index is 15.2. The molecule has 0 spiro atoms. The van der Waals surface area contributed by atoms with E-state index in [2.05, 4.69) is 15.6 Å². The molecule has 1 fully saturated rings. The first-order chi connectivity index (χ1) is 23.7. The molecule has 10 nitrogen and oxygen atoms in total. The molecular weight excluding hydrogens is 634 g/mol. The van der Waals surface area contributed by atoms with E-state index in [1.54, 1.807) is 65.6 Å². The van der Waals surface area contributed by atoms with Crippen LogP contribution in [0, 0.1) is 11.6 Å². The number of carbonyl (C=O) groups is 3. The number of nitrogens with one attached hydrogen (secondary N) is 3. The number of fused-ring (bicyclic) bond motifs is 8. The summed E-state index contributed by atoms with van der Waals surface area (Å²) in [6.45, 7) is 0.305. The molecule has 3 N–H and O–H groups in total. The van der Waals surface area contributed by atoms with Crippen LogP contribution in [0.25, 0.3) is 22.0 Å². The lowest BCUT2D eigenvalue weighted by Gasteiger charge is -2.38. The lowest BCUT2D eigenvalue weighted by atomic mass is 9.99. The molecule has 2 atom stereocenters. The van der Waals surface area contributed by atoms with Crippen LogP contribution < -0.4 is 24.8 Å². The van der Waals surface area contributed by atoms with Gasteiger partial charge in [0.25, 0.3) is 17.7 Å². The zero-order valence-corrected chi connectivity index (χ0v) is 26.4. The molecule has 0 unspecified atom stereocenters. The van der Waals surface area contributed by atoms with Crippen molar-refractivity contribution in [1.82, 2.24) is 20.5 Å². The predicted molar refractivity (Wildman–Crippen MR) is 177 cm³/mol. The molecule has 12 heteroatoms. The Labute approximate surface area is 280 Å². The van der Waals surface area contributed by atoms with Crippen LogP contribution in [-0.4, -0.2) is 66.6 Å². The van der Waals surface area contributed by atoms with Crippen molar-refractivity contribution in [2.75, 3.05) is 26.8 Å². The molecule has 8 rings (SSSR count). The largest absolute Gasteiger partial charge is 0.496 e. The summed E-state index contributed by atoms with van der Waals surface area (Å²) in [6.07, 6.45) is -0.271. The molecule has 4 aromatic carbocycles. The molecule has 49 heavy (non-hydrogen) atoms.